The summed E-state index contributed by atoms with van der Waals surface area (Å²) in [6.07, 6.45) is 0.652. The van der Waals surface area contributed by atoms with Gasteiger partial charge in [0.05, 0.1) is 21.5 Å². The van der Waals surface area contributed by atoms with Crippen molar-refractivity contribution in [2.45, 2.75) is 6.42 Å². The van der Waals surface area contributed by atoms with E-state index in [1.54, 1.807) is 12.1 Å². The Bertz CT molecular complexity index is 412. The van der Waals surface area contributed by atoms with Crippen molar-refractivity contribution in [2.24, 2.45) is 5.73 Å². The first-order valence-electron chi connectivity index (χ1n) is 5.00. The van der Waals surface area contributed by atoms with Crippen LogP contribution < -0.4 is 11.1 Å². The first-order chi connectivity index (χ1) is 8.09. The normalized spacial score (nSPS) is 9.94. The highest BCUT2D eigenvalue weighted by molar-refractivity contribution is 8.00. The molecule has 0 saturated heterocycles. The predicted molar refractivity (Wildman–Crippen MR) is 78.8 cm³/mol. The van der Waals surface area contributed by atoms with Crippen molar-refractivity contribution >= 4 is 52.2 Å². The van der Waals surface area contributed by atoms with Gasteiger partial charge in [0.15, 0.2) is 0 Å². The molecule has 0 aromatic heterocycles. The predicted octanol–water partition coefficient (Wildman–Crippen LogP) is 2.69. The Morgan fingerprint density at radius 1 is 1.47 bits per heavy atom. The van der Waals surface area contributed by atoms with Crippen LogP contribution in [0.1, 0.15) is 6.42 Å². The maximum Gasteiger partial charge on any atom is 0.234 e. The van der Waals surface area contributed by atoms with Gasteiger partial charge in [0, 0.05) is 12.2 Å². The number of carbonyl (C=O) groups excluding carboxylic acids is 1. The lowest BCUT2D eigenvalue weighted by Crippen LogP contribution is -2.15. The van der Waals surface area contributed by atoms with Crippen LogP contribution in [0.5, 0.6) is 0 Å². The van der Waals surface area contributed by atoms with Crippen molar-refractivity contribution in [1.82, 2.24) is 0 Å². The van der Waals surface area contributed by atoms with Gasteiger partial charge in [0.1, 0.15) is 0 Å². The minimum atomic E-state index is -0.0777. The van der Waals surface area contributed by atoms with Gasteiger partial charge in [0.2, 0.25) is 5.91 Å². The second kappa shape index (κ2) is 7.53. The van der Waals surface area contributed by atoms with E-state index in [-0.39, 0.29) is 5.91 Å². The third-order valence-electron chi connectivity index (χ3n) is 1.87. The van der Waals surface area contributed by atoms with Gasteiger partial charge in [0.25, 0.3) is 0 Å². The zero-order chi connectivity index (χ0) is 12.7. The van der Waals surface area contributed by atoms with E-state index < -0.39 is 0 Å². The van der Waals surface area contributed by atoms with Gasteiger partial charge in [-0.15, -0.1) is 0 Å². The summed E-state index contributed by atoms with van der Waals surface area (Å²) in [6, 6.07) is 7.13. The van der Waals surface area contributed by atoms with Gasteiger partial charge in [-0.3, -0.25) is 4.79 Å². The van der Waals surface area contributed by atoms with Gasteiger partial charge in [-0.25, -0.2) is 0 Å². The van der Waals surface area contributed by atoms with E-state index in [1.807, 2.05) is 12.1 Å². The van der Waals surface area contributed by atoms with Crippen molar-refractivity contribution in [3.05, 3.63) is 29.3 Å². The standard InChI is InChI=1S/C11H13ClN2OS2/c12-8-3-1-2-4-9(8)14-11(15)7-17-6-5-10(13)16/h1-4H,5-7H2,(H2,13,16)(H,14,15). The Labute approximate surface area is 115 Å². The molecule has 0 heterocycles. The summed E-state index contributed by atoms with van der Waals surface area (Å²) in [6.45, 7) is 0. The van der Waals surface area contributed by atoms with Crippen molar-refractivity contribution in [1.29, 1.82) is 0 Å². The van der Waals surface area contributed by atoms with Crippen LogP contribution >= 0.6 is 35.6 Å². The van der Waals surface area contributed by atoms with Gasteiger partial charge in [-0.05, 0) is 12.1 Å². The average Bonchev–Trinajstić information content (AvgIpc) is 2.27. The number of halogens is 1. The largest absolute Gasteiger partial charge is 0.393 e. The number of nitrogens with one attached hydrogen (secondary N) is 1. The van der Waals surface area contributed by atoms with Crippen LogP contribution in [0, 0.1) is 0 Å². The quantitative estimate of drug-likeness (QED) is 0.624. The Morgan fingerprint density at radius 3 is 2.82 bits per heavy atom. The molecule has 0 aliphatic rings. The van der Waals surface area contributed by atoms with Gasteiger partial charge < -0.3 is 11.1 Å². The molecule has 1 amide bonds. The number of amides is 1. The van der Waals surface area contributed by atoms with Gasteiger partial charge >= 0.3 is 0 Å². The van der Waals surface area contributed by atoms with E-state index in [0.717, 1.165) is 5.75 Å². The fourth-order valence-electron chi connectivity index (χ4n) is 1.09. The number of thiocarbonyl (C=S) groups is 1. The minimum Gasteiger partial charge on any atom is -0.393 e. The van der Waals surface area contributed by atoms with E-state index in [0.29, 0.717) is 27.9 Å². The summed E-state index contributed by atoms with van der Waals surface area (Å²) >= 11 is 12.2. The molecule has 0 unspecified atom stereocenters. The third-order valence-corrected chi connectivity index (χ3v) is 3.37. The fraction of sp³-hybridized carbons (Fsp3) is 0.273. The molecule has 0 aliphatic carbocycles. The van der Waals surface area contributed by atoms with E-state index in [2.05, 4.69) is 5.32 Å². The summed E-state index contributed by atoms with van der Waals surface area (Å²) in [4.78, 5) is 12.0. The van der Waals surface area contributed by atoms with E-state index in [1.165, 1.54) is 11.8 Å². The molecule has 1 rings (SSSR count). The van der Waals surface area contributed by atoms with Crippen LogP contribution in [0.4, 0.5) is 5.69 Å². The highest BCUT2D eigenvalue weighted by atomic mass is 35.5. The zero-order valence-corrected chi connectivity index (χ0v) is 11.5. The highest BCUT2D eigenvalue weighted by Gasteiger charge is 2.05. The number of thioether (sulfide) groups is 1. The first kappa shape index (κ1) is 14.3. The number of hydrogen-bond acceptors (Lipinski definition) is 3. The zero-order valence-electron chi connectivity index (χ0n) is 9.11. The maximum atomic E-state index is 11.6. The van der Waals surface area contributed by atoms with Crippen LogP contribution in [-0.4, -0.2) is 22.4 Å². The van der Waals surface area contributed by atoms with Crippen LogP contribution in [0.2, 0.25) is 5.02 Å². The van der Waals surface area contributed by atoms with Crippen molar-refractivity contribution in [3.63, 3.8) is 0 Å². The topological polar surface area (TPSA) is 55.1 Å². The summed E-state index contributed by atoms with van der Waals surface area (Å²) < 4.78 is 0. The van der Waals surface area contributed by atoms with Crippen molar-refractivity contribution in [2.75, 3.05) is 16.8 Å². The summed E-state index contributed by atoms with van der Waals surface area (Å²) in [5.74, 6) is 1.05. The van der Waals surface area contributed by atoms with E-state index in [9.17, 15) is 4.79 Å². The molecule has 1 aromatic rings. The van der Waals surface area contributed by atoms with Crippen molar-refractivity contribution in [3.8, 4) is 0 Å². The number of rotatable bonds is 6. The lowest BCUT2D eigenvalue weighted by Gasteiger charge is -2.06. The molecule has 0 saturated carbocycles. The highest BCUT2D eigenvalue weighted by Crippen LogP contribution is 2.20. The molecule has 0 spiro atoms. The second-order valence-corrected chi connectivity index (χ2v) is 5.33. The van der Waals surface area contributed by atoms with Gasteiger partial charge in [-0.1, -0.05) is 36.0 Å². The van der Waals surface area contributed by atoms with Crippen LogP contribution in [0.3, 0.4) is 0 Å². The maximum absolute atomic E-state index is 11.6. The third kappa shape index (κ3) is 5.91. The Kier molecular flexibility index (Phi) is 6.32. The number of para-hydroxylation sites is 1. The summed E-state index contributed by atoms with van der Waals surface area (Å²) in [5, 5.41) is 3.28. The summed E-state index contributed by atoms with van der Waals surface area (Å²) in [7, 11) is 0. The molecule has 0 fully saturated rings. The Hall–Kier alpha value is -0.780. The SMILES string of the molecule is NC(=S)CCSCC(=O)Nc1ccccc1Cl. The number of carbonyl (C=O) groups is 1. The first-order valence-corrected chi connectivity index (χ1v) is 6.94. The minimum absolute atomic E-state index is 0.0777. The second-order valence-electron chi connectivity index (χ2n) is 3.30. The molecule has 0 bridgehead atoms. The molecule has 3 nitrogen and oxygen atoms in total. The smallest absolute Gasteiger partial charge is 0.234 e. The molecule has 17 heavy (non-hydrogen) atoms. The van der Waals surface area contributed by atoms with E-state index >= 15 is 0 Å². The van der Waals surface area contributed by atoms with Crippen molar-refractivity contribution < 1.29 is 4.79 Å². The Morgan fingerprint density at radius 2 is 2.18 bits per heavy atom. The van der Waals surface area contributed by atoms with E-state index in [4.69, 9.17) is 29.6 Å². The summed E-state index contributed by atoms with van der Waals surface area (Å²) in [5.41, 5.74) is 5.99. The molecule has 3 N–H and O–H groups in total. The fourth-order valence-corrected chi connectivity index (χ4v) is 2.27. The van der Waals surface area contributed by atoms with Gasteiger partial charge in [-0.2, -0.15) is 11.8 Å². The van der Waals surface area contributed by atoms with Crippen LogP contribution in [-0.2, 0) is 4.79 Å². The molecule has 6 heteroatoms. The molecule has 0 radical (unpaired) electrons. The molecule has 0 atom stereocenters. The Balaban J connectivity index is 2.30. The number of nitrogens with two attached hydrogens (primary N) is 1. The van der Waals surface area contributed by atoms with Crippen LogP contribution in [0.15, 0.2) is 24.3 Å². The average molecular weight is 289 g/mol. The molecule has 1 aromatic carbocycles. The van der Waals surface area contributed by atoms with Crippen LogP contribution in [0.25, 0.3) is 0 Å². The molecule has 92 valence electrons. The molecule has 0 aliphatic heterocycles. The lowest BCUT2D eigenvalue weighted by molar-refractivity contribution is -0.113. The molecular formula is C11H13ClN2OS2. The number of benzene rings is 1. The number of hydrogen-bond donors (Lipinski definition) is 2. The molecular weight excluding hydrogens is 276 g/mol. The number of anilines is 1. The lowest BCUT2D eigenvalue weighted by atomic mass is 10.3. The monoisotopic (exact) mass is 288 g/mol.